The highest BCUT2D eigenvalue weighted by atomic mass is 35.5. The van der Waals surface area contributed by atoms with Crippen molar-refractivity contribution in [1.29, 1.82) is 0 Å². The molecule has 20 heavy (non-hydrogen) atoms. The van der Waals surface area contributed by atoms with E-state index < -0.39 is 0 Å². The first-order valence-corrected chi connectivity index (χ1v) is 7.78. The third-order valence-corrected chi connectivity index (χ3v) is 4.00. The Morgan fingerprint density at radius 1 is 1.40 bits per heavy atom. The lowest BCUT2D eigenvalue weighted by atomic mass is 10.2. The van der Waals surface area contributed by atoms with Crippen LogP contribution in [0.5, 0.6) is 0 Å². The van der Waals surface area contributed by atoms with Crippen LogP contribution in [-0.2, 0) is 0 Å². The third kappa shape index (κ3) is 3.52. The summed E-state index contributed by atoms with van der Waals surface area (Å²) in [5.74, 6) is 1.51. The van der Waals surface area contributed by atoms with Crippen LogP contribution < -0.4 is 10.2 Å². The first kappa shape index (κ1) is 15.3. The highest BCUT2D eigenvalue weighted by Gasteiger charge is 2.24. The van der Waals surface area contributed by atoms with Crippen molar-refractivity contribution in [3.63, 3.8) is 0 Å². The minimum Gasteiger partial charge on any atom is -0.354 e. The molecule has 2 rings (SSSR count). The maximum absolute atomic E-state index is 6.27. The molecule has 0 aromatic carbocycles. The number of hydrogen-bond donors (Lipinski definition) is 1. The molecule has 1 aliphatic rings. The predicted octanol–water partition coefficient (Wildman–Crippen LogP) is 2.48. The maximum atomic E-state index is 6.27. The van der Waals surface area contributed by atoms with Crippen LogP contribution in [0.4, 0.5) is 11.8 Å². The number of piperazine rings is 1. The van der Waals surface area contributed by atoms with E-state index in [0.29, 0.717) is 17.0 Å². The van der Waals surface area contributed by atoms with Gasteiger partial charge in [-0.2, -0.15) is 4.98 Å². The summed E-state index contributed by atoms with van der Waals surface area (Å²) >= 11 is 6.27. The van der Waals surface area contributed by atoms with Crippen molar-refractivity contribution in [2.75, 3.05) is 42.9 Å². The van der Waals surface area contributed by atoms with Crippen molar-refractivity contribution in [1.82, 2.24) is 14.9 Å². The van der Waals surface area contributed by atoms with E-state index in [4.69, 9.17) is 11.6 Å². The van der Waals surface area contributed by atoms with Gasteiger partial charge >= 0.3 is 0 Å². The second-order valence-corrected chi connectivity index (χ2v) is 5.62. The van der Waals surface area contributed by atoms with E-state index in [9.17, 15) is 0 Å². The van der Waals surface area contributed by atoms with Gasteiger partial charge in [-0.3, -0.25) is 4.90 Å². The zero-order chi connectivity index (χ0) is 14.5. The van der Waals surface area contributed by atoms with Crippen molar-refractivity contribution in [2.24, 2.45) is 0 Å². The number of hydrogen-bond acceptors (Lipinski definition) is 5. The zero-order valence-electron chi connectivity index (χ0n) is 12.6. The highest BCUT2D eigenvalue weighted by molar-refractivity contribution is 6.32. The fourth-order valence-electron chi connectivity index (χ4n) is 2.56. The molecule has 112 valence electrons. The molecule has 1 N–H and O–H groups in total. The number of nitrogens with zero attached hydrogens (tertiary/aromatic N) is 4. The summed E-state index contributed by atoms with van der Waals surface area (Å²) in [6.07, 6.45) is 2.74. The van der Waals surface area contributed by atoms with Gasteiger partial charge in [-0.05, 0) is 19.9 Å². The molecule has 2 heterocycles. The molecule has 0 radical (unpaired) electrons. The molecular weight excluding hydrogens is 274 g/mol. The molecular formula is C14H24ClN5. The molecule has 1 aliphatic heterocycles. The molecule has 0 saturated carbocycles. The van der Waals surface area contributed by atoms with Crippen LogP contribution in [0.1, 0.15) is 27.2 Å². The second-order valence-electron chi connectivity index (χ2n) is 5.22. The van der Waals surface area contributed by atoms with Gasteiger partial charge in [-0.1, -0.05) is 25.4 Å². The molecule has 1 fully saturated rings. The van der Waals surface area contributed by atoms with Crippen LogP contribution in [0, 0.1) is 0 Å². The average molecular weight is 298 g/mol. The number of likely N-dealkylation sites (N-methyl/N-ethyl adjacent to an activating group) is 1. The third-order valence-electron chi connectivity index (χ3n) is 3.73. The molecule has 1 aromatic rings. The highest BCUT2D eigenvalue weighted by Crippen LogP contribution is 2.26. The van der Waals surface area contributed by atoms with Gasteiger partial charge in [0.05, 0.1) is 6.20 Å². The first-order valence-electron chi connectivity index (χ1n) is 7.41. The van der Waals surface area contributed by atoms with E-state index in [1.807, 2.05) is 0 Å². The Balaban J connectivity index is 2.11. The van der Waals surface area contributed by atoms with Crippen molar-refractivity contribution in [3.8, 4) is 0 Å². The maximum Gasteiger partial charge on any atom is 0.224 e. The minimum absolute atomic E-state index is 0.520. The normalized spacial score (nSPS) is 20.2. The summed E-state index contributed by atoms with van der Waals surface area (Å²) in [4.78, 5) is 13.5. The van der Waals surface area contributed by atoms with E-state index in [-0.39, 0.29) is 0 Å². The van der Waals surface area contributed by atoms with E-state index in [1.54, 1.807) is 6.20 Å². The second kappa shape index (κ2) is 7.09. The minimum atomic E-state index is 0.520. The Hall–Kier alpha value is -1.07. The number of rotatable bonds is 5. The summed E-state index contributed by atoms with van der Waals surface area (Å²) in [5, 5.41) is 3.84. The van der Waals surface area contributed by atoms with Gasteiger partial charge in [0.15, 0.2) is 5.82 Å². The fourth-order valence-corrected chi connectivity index (χ4v) is 2.77. The lowest BCUT2D eigenvalue weighted by molar-refractivity contribution is 0.199. The molecule has 5 nitrogen and oxygen atoms in total. The van der Waals surface area contributed by atoms with Gasteiger partial charge in [0, 0.05) is 32.2 Å². The molecule has 0 amide bonds. The Morgan fingerprint density at radius 2 is 2.20 bits per heavy atom. The van der Waals surface area contributed by atoms with Crippen molar-refractivity contribution >= 4 is 23.4 Å². The van der Waals surface area contributed by atoms with E-state index >= 15 is 0 Å². The van der Waals surface area contributed by atoms with Gasteiger partial charge in [0.1, 0.15) is 5.02 Å². The standard InChI is InChI=1S/C14H24ClN5/c1-4-6-16-14-17-9-12(15)13(18-14)20-8-7-19(5-2)11(3)10-20/h9,11H,4-8,10H2,1-3H3,(H,16,17,18). The Bertz CT molecular complexity index is 440. The molecule has 0 bridgehead atoms. The Labute approximate surface area is 126 Å². The van der Waals surface area contributed by atoms with E-state index in [2.05, 4.69) is 45.9 Å². The van der Waals surface area contributed by atoms with Crippen molar-refractivity contribution in [3.05, 3.63) is 11.2 Å². The zero-order valence-corrected chi connectivity index (χ0v) is 13.3. The molecule has 6 heteroatoms. The predicted molar refractivity (Wildman–Crippen MR) is 84.7 cm³/mol. The summed E-state index contributed by atoms with van der Waals surface area (Å²) in [6.45, 7) is 11.5. The summed E-state index contributed by atoms with van der Waals surface area (Å²) in [6, 6.07) is 0.520. The molecule has 0 aliphatic carbocycles. The van der Waals surface area contributed by atoms with Gasteiger partial charge < -0.3 is 10.2 Å². The van der Waals surface area contributed by atoms with Crippen molar-refractivity contribution in [2.45, 2.75) is 33.2 Å². The molecule has 1 unspecified atom stereocenters. The SMILES string of the molecule is CCCNc1ncc(Cl)c(N2CCN(CC)C(C)C2)n1. The van der Waals surface area contributed by atoms with Crippen LogP contribution in [0.3, 0.4) is 0 Å². The monoisotopic (exact) mass is 297 g/mol. The van der Waals surface area contributed by atoms with Crippen LogP contribution in [0.25, 0.3) is 0 Å². The molecule has 0 spiro atoms. The smallest absolute Gasteiger partial charge is 0.224 e. The van der Waals surface area contributed by atoms with Gasteiger partial charge in [0.25, 0.3) is 0 Å². The fraction of sp³-hybridized carbons (Fsp3) is 0.714. The van der Waals surface area contributed by atoms with Crippen molar-refractivity contribution < 1.29 is 0 Å². The number of anilines is 2. The number of nitrogens with one attached hydrogen (secondary N) is 1. The summed E-state index contributed by atoms with van der Waals surface area (Å²) in [5.41, 5.74) is 0. The topological polar surface area (TPSA) is 44.3 Å². The summed E-state index contributed by atoms with van der Waals surface area (Å²) in [7, 11) is 0. The molecule has 1 saturated heterocycles. The Morgan fingerprint density at radius 3 is 2.85 bits per heavy atom. The Kier molecular flexibility index (Phi) is 5.43. The average Bonchev–Trinajstić information content (AvgIpc) is 2.46. The lowest BCUT2D eigenvalue weighted by Gasteiger charge is -2.40. The molecule has 1 aromatic heterocycles. The van der Waals surface area contributed by atoms with Gasteiger partial charge in [-0.15, -0.1) is 0 Å². The van der Waals surface area contributed by atoms with Crippen LogP contribution in [0.2, 0.25) is 5.02 Å². The van der Waals surface area contributed by atoms with Crippen LogP contribution in [-0.4, -0.2) is 53.6 Å². The molecule has 1 atom stereocenters. The van der Waals surface area contributed by atoms with Gasteiger partial charge in [0.2, 0.25) is 5.95 Å². The number of aromatic nitrogens is 2. The van der Waals surface area contributed by atoms with E-state index in [1.165, 1.54) is 0 Å². The quantitative estimate of drug-likeness (QED) is 0.904. The summed E-state index contributed by atoms with van der Waals surface area (Å²) < 4.78 is 0. The first-order chi connectivity index (χ1) is 9.65. The largest absolute Gasteiger partial charge is 0.354 e. The van der Waals surface area contributed by atoms with E-state index in [0.717, 1.165) is 45.0 Å². The van der Waals surface area contributed by atoms with Crippen LogP contribution in [0.15, 0.2) is 6.20 Å². The number of halogens is 1. The van der Waals surface area contributed by atoms with Gasteiger partial charge in [-0.25, -0.2) is 4.98 Å². The van der Waals surface area contributed by atoms with Crippen LogP contribution >= 0.6 is 11.6 Å². The lowest BCUT2D eigenvalue weighted by Crippen LogP contribution is -2.52.